The van der Waals surface area contributed by atoms with Gasteiger partial charge in [0, 0.05) is 30.8 Å². The van der Waals surface area contributed by atoms with Gasteiger partial charge in [-0.25, -0.2) is 0 Å². The van der Waals surface area contributed by atoms with Crippen molar-refractivity contribution in [3.8, 4) is 0 Å². The Hall–Kier alpha value is -3.93. The standard InChI is InChI=1S/C31H39NO10/c1-30(2,39)28(37)23-9-5-7-21(17-23)19-41-26(35)12-15-32(14-11-25(33)34)16-13-27(36)42-20-22-8-6-10-24(18-22)29(38)31(3,4)40/h5-10,17-18,39-40H,11-16,19-20H2,1-4H3,(H,33,34). The SMILES string of the molecule is CC(C)(O)C(=O)c1cccc(COC(=O)CCN(CCC(=O)O)CCC(=O)OCc2cccc(C(=O)C(C)(C)O)c2)c1. The van der Waals surface area contributed by atoms with E-state index in [0.717, 1.165) is 0 Å². The van der Waals surface area contributed by atoms with Crippen LogP contribution in [0, 0.1) is 0 Å². The quantitative estimate of drug-likeness (QED) is 0.184. The van der Waals surface area contributed by atoms with Gasteiger partial charge in [0.15, 0.2) is 11.6 Å². The largest absolute Gasteiger partial charge is 0.481 e. The number of carboxylic acid groups (broad SMARTS) is 1. The fourth-order valence-electron chi connectivity index (χ4n) is 3.87. The summed E-state index contributed by atoms with van der Waals surface area (Å²) in [7, 11) is 0. The number of carboxylic acids is 1. The lowest BCUT2D eigenvalue weighted by Crippen LogP contribution is -2.31. The molecule has 2 aromatic carbocycles. The minimum atomic E-state index is -1.54. The molecule has 3 N–H and O–H groups in total. The zero-order valence-electron chi connectivity index (χ0n) is 24.4. The highest BCUT2D eigenvalue weighted by Gasteiger charge is 2.26. The molecule has 0 unspecified atom stereocenters. The van der Waals surface area contributed by atoms with Gasteiger partial charge in [-0.1, -0.05) is 36.4 Å². The summed E-state index contributed by atoms with van der Waals surface area (Å²) < 4.78 is 10.6. The maximum Gasteiger partial charge on any atom is 0.307 e. The van der Waals surface area contributed by atoms with Gasteiger partial charge in [0.2, 0.25) is 0 Å². The lowest BCUT2D eigenvalue weighted by molar-refractivity contribution is -0.145. The number of benzene rings is 2. The van der Waals surface area contributed by atoms with Crippen molar-refractivity contribution in [3.63, 3.8) is 0 Å². The molecule has 11 heteroatoms. The Balaban J connectivity index is 1.86. The number of carbonyl (C=O) groups is 5. The Morgan fingerprint density at radius 3 is 1.40 bits per heavy atom. The highest BCUT2D eigenvalue weighted by atomic mass is 16.5. The number of esters is 2. The summed E-state index contributed by atoms with van der Waals surface area (Å²) in [5, 5.41) is 28.9. The normalized spacial score (nSPS) is 11.7. The average Bonchev–Trinajstić information content (AvgIpc) is 2.92. The molecule has 0 amide bonds. The van der Waals surface area contributed by atoms with Crippen LogP contribution in [-0.4, -0.2) is 80.5 Å². The van der Waals surface area contributed by atoms with Crippen LogP contribution in [0.1, 0.15) is 78.8 Å². The van der Waals surface area contributed by atoms with Gasteiger partial charge in [0.05, 0.1) is 19.3 Å². The van der Waals surface area contributed by atoms with E-state index >= 15 is 0 Å². The smallest absolute Gasteiger partial charge is 0.307 e. The summed E-state index contributed by atoms with van der Waals surface area (Å²) in [6.45, 7) is 5.79. The summed E-state index contributed by atoms with van der Waals surface area (Å²) in [5.74, 6) is -3.03. The van der Waals surface area contributed by atoms with Crippen molar-refractivity contribution in [2.75, 3.05) is 19.6 Å². The first kappa shape index (κ1) is 34.3. The number of Topliss-reactive ketones (excluding diaryl/α,β-unsaturated/α-hetero) is 2. The molecule has 0 radical (unpaired) electrons. The third-order valence-corrected chi connectivity index (χ3v) is 6.20. The molecular formula is C31H39NO10. The number of rotatable bonds is 17. The van der Waals surface area contributed by atoms with Crippen molar-refractivity contribution in [3.05, 3.63) is 70.8 Å². The Morgan fingerprint density at radius 1 is 0.667 bits per heavy atom. The van der Waals surface area contributed by atoms with E-state index in [2.05, 4.69) is 0 Å². The maximum absolute atomic E-state index is 12.4. The summed E-state index contributed by atoms with van der Waals surface area (Å²) in [6, 6.07) is 12.8. The van der Waals surface area contributed by atoms with Crippen molar-refractivity contribution in [2.24, 2.45) is 0 Å². The molecule has 0 bridgehead atoms. The van der Waals surface area contributed by atoms with Crippen molar-refractivity contribution in [1.82, 2.24) is 4.90 Å². The molecule has 42 heavy (non-hydrogen) atoms. The van der Waals surface area contributed by atoms with Gasteiger partial charge in [-0.2, -0.15) is 0 Å². The number of aliphatic hydroxyl groups is 2. The molecular weight excluding hydrogens is 546 g/mol. The van der Waals surface area contributed by atoms with E-state index in [4.69, 9.17) is 14.6 Å². The highest BCUT2D eigenvalue weighted by Crippen LogP contribution is 2.16. The number of hydrogen-bond acceptors (Lipinski definition) is 10. The number of nitrogens with zero attached hydrogens (tertiary/aromatic N) is 1. The lowest BCUT2D eigenvalue weighted by Gasteiger charge is -2.21. The van der Waals surface area contributed by atoms with Crippen LogP contribution in [0.2, 0.25) is 0 Å². The molecule has 11 nitrogen and oxygen atoms in total. The van der Waals surface area contributed by atoms with Crippen LogP contribution < -0.4 is 0 Å². The third kappa shape index (κ3) is 11.9. The fraction of sp³-hybridized carbons (Fsp3) is 0.452. The molecule has 2 aromatic rings. The highest BCUT2D eigenvalue weighted by molar-refractivity contribution is 6.02. The van der Waals surface area contributed by atoms with E-state index < -0.39 is 40.7 Å². The van der Waals surface area contributed by atoms with Crippen LogP contribution in [0.4, 0.5) is 0 Å². The van der Waals surface area contributed by atoms with Crippen LogP contribution in [-0.2, 0) is 37.1 Å². The van der Waals surface area contributed by atoms with Crippen molar-refractivity contribution in [2.45, 2.75) is 71.4 Å². The van der Waals surface area contributed by atoms with Crippen LogP contribution in [0.3, 0.4) is 0 Å². The zero-order valence-corrected chi connectivity index (χ0v) is 24.4. The van der Waals surface area contributed by atoms with Crippen LogP contribution in [0.15, 0.2) is 48.5 Å². The first-order chi connectivity index (χ1) is 19.6. The number of ether oxygens (including phenoxy) is 2. The molecule has 0 spiro atoms. The minimum absolute atomic E-state index is 0.0566. The molecule has 2 rings (SSSR count). The minimum Gasteiger partial charge on any atom is -0.481 e. The summed E-state index contributed by atoms with van der Waals surface area (Å²) in [4.78, 5) is 62.0. The number of hydrogen-bond donors (Lipinski definition) is 3. The molecule has 0 fully saturated rings. The van der Waals surface area contributed by atoms with Gasteiger partial charge >= 0.3 is 17.9 Å². The first-order valence-electron chi connectivity index (χ1n) is 13.5. The van der Waals surface area contributed by atoms with E-state index in [1.54, 1.807) is 53.4 Å². The monoisotopic (exact) mass is 585 g/mol. The van der Waals surface area contributed by atoms with Crippen molar-refractivity contribution < 1.29 is 48.8 Å². The van der Waals surface area contributed by atoms with E-state index in [-0.39, 0.29) is 63.2 Å². The average molecular weight is 586 g/mol. The van der Waals surface area contributed by atoms with Gasteiger partial charge in [0.1, 0.15) is 24.4 Å². The molecule has 0 saturated heterocycles. The maximum atomic E-state index is 12.4. The predicted octanol–water partition coefficient (Wildman–Crippen LogP) is 2.94. The van der Waals surface area contributed by atoms with Gasteiger partial charge < -0.3 is 29.7 Å². The number of aliphatic carboxylic acids is 1. The molecule has 228 valence electrons. The Morgan fingerprint density at radius 2 is 1.05 bits per heavy atom. The number of carbonyl (C=O) groups excluding carboxylic acids is 4. The molecule has 0 heterocycles. The molecule has 0 atom stereocenters. The van der Waals surface area contributed by atoms with Gasteiger partial charge in [-0.15, -0.1) is 0 Å². The second-order valence-electron chi connectivity index (χ2n) is 11.0. The summed E-state index contributed by atoms with van der Waals surface area (Å²) >= 11 is 0. The zero-order chi connectivity index (χ0) is 31.5. The molecule has 0 aliphatic rings. The Bertz CT molecular complexity index is 1180. The van der Waals surface area contributed by atoms with Gasteiger partial charge in [0.25, 0.3) is 0 Å². The predicted molar refractivity (Wildman–Crippen MR) is 152 cm³/mol. The molecule has 0 saturated carbocycles. The van der Waals surface area contributed by atoms with Crippen LogP contribution >= 0.6 is 0 Å². The van der Waals surface area contributed by atoms with E-state index in [1.807, 2.05) is 0 Å². The van der Waals surface area contributed by atoms with E-state index in [0.29, 0.717) is 11.1 Å². The van der Waals surface area contributed by atoms with Crippen molar-refractivity contribution in [1.29, 1.82) is 0 Å². The van der Waals surface area contributed by atoms with Crippen LogP contribution in [0.25, 0.3) is 0 Å². The fourth-order valence-corrected chi connectivity index (χ4v) is 3.87. The third-order valence-electron chi connectivity index (χ3n) is 6.20. The Kier molecular flexibility index (Phi) is 12.5. The van der Waals surface area contributed by atoms with Gasteiger partial charge in [-0.05, 0) is 51.0 Å². The van der Waals surface area contributed by atoms with E-state index in [9.17, 15) is 34.2 Å². The van der Waals surface area contributed by atoms with Gasteiger partial charge in [-0.3, -0.25) is 24.0 Å². The lowest BCUT2D eigenvalue weighted by atomic mass is 9.96. The number of ketones is 2. The topological polar surface area (TPSA) is 168 Å². The molecule has 0 aliphatic carbocycles. The van der Waals surface area contributed by atoms with Crippen molar-refractivity contribution >= 4 is 29.5 Å². The van der Waals surface area contributed by atoms with E-state index in [1.165, 1.54) is 27.7 Å². The Labute approximate surface area is 245 Å². The second kappa shape index (κ2) is 15.3. The molecule has 0 aromatic heterocycles. The first-order valence-corrected chi connectivity index (χ1v) is 13.5. The van der Waals surface area contributed by atoms with Crippen LogP contribution in [0.5, 0.6) is 0 Å². The summed E-state index contributed by atoms with van der Waals surface area (Å²) in [5.41, 5.74) is -1.36. The summed E-state index contributed by atoms with van der Waals surface area (Å²) in [6.07, 6.45) is -0.299. The molecule has 0 aliphatic heterocycles. The second-order valence-corrected chi connectivity index (χ2v) is 11.0.